The van der Waals surface area contributed by atoms with Crippen LogP contribution in [0.15, 0.2) is 24.3 Å². The van der Waals surface area contributed by atoms with E-state index in [2.05, 4.69) is 12.8 Å². The van der Waals surface area contributed by atoms with Gasteiger partial charge in [-0.3, -0.25) is 0 Å². The third kappa shape index (κ3) is 3.13. The van der Waals surface area contributed by atoms with Crippen LogP contribution >= 0.6 is 0 Å². The maximum Gasteiger partial charge on any atom is 0.0273 e. The summed E-state index contributed by atoms with van der Waals surface area (Å²) in [5.41, 5.74) is 1.71. The Morgan fingerprint density at radius 1 is 1.35 bits per heavy atom. The quantitative estimate of drug-likeness (QED) is 0.657. The number of hydrogen-bond donors (Lipinski definition) is 0. The van der Waals surface area contributed by atoms with Crippen molar-refractivity contribution in [3.8, 4) is 12.3 Å². The third-order valence-corrected chi connectivity index (χ3v) is 3.46. The SMILES string of the molecule is [2H]C1C[C@H](CCC)CC([2H])([2H])[C@H]1c1ccc(C#C)cc1. The molecular formula is C17H22. The van der Waals surface area contributed by atoms with Crippen molar-refractivity contribution in [1.82, 2.24) is 0 Å². The van der Waals surface area contributed by atoms with Gasteiger partial charge in [-0.15, -0.1) is 6.42 Å². The minimum atomic E-state index is -1.30. The Hall–Kier alpha value is -1.22. The van der Waals surface area contributed by atoms with E-state index in [9.17, 15) is 0 Å². The first kappa shape index (κ1) is 8.81. The van der Waals surface area contributed by atoms with Crippen LogP contribution < -0.4 is 0 Å². The summed E-state index contributed by atoms with van der Waals surface area (Å²) in [6.07, 6.45) is 7.14. The molecule has 1 fully saturated rings. The average molecular weight is 229 g/mol. The van der Waals surface area contributed by atoms with Gasteiger partial charge in [0.1, 0.15) is 0 Å². The van der Waals surface area contributed by atoms with E-state index in [-0.39, 0.29) is 12.3 Å². The van der Waals surface area contributed by atoms with E-state index >= 15 is 0 Å². The summed E-state index contributed by atoms with van der Waals surface area (Å²) in [7, 11) is 0. The molecule has 3 atom stereocenters. The summed E-state index contributed by atoms with van der Waals surface area (Å²) in [5.74, 6) is 2.57. The average Bonchev–Trinajstić information content (AvgIpc) is 2.38. The lowest BCUT2D eigenvalue weighted by Crippen LogP contribution is -2.13. The second-order valence-corrected chi connectivity index (χ2v) is 4.78. The van der Waals surface area contributed by atoms with Crippen molar-refractivity contribution in [2.75, 3.05) is 0 Å². The topological polar surface area (TPSA) is 0 Å². The van der Waals surface area contributed by atoms with Gasteiger partial charge in [0.2, 0.25) is 0 Å². The second-order valence-electron chi connectivity index (χ2n) is 4.78. The summed E-state index contributed by atoms with van der Waals surface area (Å²) in [4.78, 5) is 0. The molecule has 0 heterocycles. The minimum absolute atomic E-state index is 0.345. The normalized spacial score (nSPS) is 34.1. The van der Waals surface area contributed by atoms with Crippen LogP contribution in [0.4, 0.5) is 0 Å². The van der Waals surface area contributed by atoms with Crippen LogP contribution in [-0.4, -0.2) is 0 Å². The highest BCUT2D eigenvalue weighted by molar-refractivity contribution is 5.35. The Labute approximate surface area is 110 Å². The highest BCUT2D eigenvalue weighted by Crippen LogP contribution is 2.37. The second kappa shape index (κ2) is 5.92. The van der Waals surface area contributed by atoms with Crippen molar-refractivity contribution < 1.29 is 4.11 Å². The maximum absolute atomic E-state index is 8.37. The lowest BCUT2D eigenvalue weighted by Gasteiger charge is -2.28. The Kier molecular flexibility index (Phi) is 3.07. The van der Waals surface area contributed by atoms with Crippen LogP contribution in [-0.2, 0) is 0 Å². The fraction of sp³-hybridized carbons (Fsp3) is 0.529. The molecule has 0 heteroatoms. The molecule has 1 aliphatic rings. The van der Waals surface area contributed by atoms with E-state index in [4.69, 9.17) is 10.5 Å². The molecule has 0 amide bonds. The Morgan fingerprint density at radius 2 is 2.12 bits per heavy atom. The van der Waals surface area contributed by atoms with Gasteiger partial charge >= 0.3 is 0 Å². The molecule has 1 aromatic carbocycles. The smallest absolute Gasteiger partial charge is 0.0273 e. The molecule has 1 aromatic rings. The van der Waals surface area contributed by atoms with Crippen LogP contribution in [0.2, 0.25) is 0 Å². The van der Waals surface area contributed by atoms with Gasteiger partial charge in [0, 0.05) is 9.68 Å². The third-order valence-electron chi connectivity index (χ3n) is 3.46. The standard InChI is InChI=1S/C17H22/c1-3-5-15-8-12-17(13-9-15)16-10-6-14(4-2)7-11-16/h2,6-7,10-11,15,17H,3,5,8-9,12-13H2,1H3/t15-,17-/i12D,13D2/t12?,15-,17-/m0/s1. The fourth-order valence-corrected chi connectivity index (χ4v) is 2.46. The van der Waals surface area contributed by atoms with Crippen LogP contribution in [0.3, 0.4) is 0 Å². The van der Waals surface area contributed by atoms with E-state index in [0.29, 0.717) is 12.3 Å². The van der Waals surface area contributed by atoms with Crippen LogP contribution in [0.5, 0.6) is 0 Å². The van der Waals surface area contributed by atoms with Gasteiger partial charge in [0.15, 0.2) is 0 Å². The van der Waals surface area contributed by atoms with Gasteiger partial charge in [-0.05, 0) is 55.1 Å². The number of hydrogen-bond acceptors (Lipinski definition) is 0. The van der Waals surface area contributed by atoms with E-state index < -0.39 is 6.37 Å². The van der Waals surface area contributed by atoms with E-state index in [1.807, 2.05) is 24.3 Å². The zero-order chi connectivity index (χ0) is 14.8. The number of rotatable bonds is 3. The summed E-state index contributed by atoms with van der Waals surface area (Å²) in [6.45, 7) is 2.12. The van der Waals surface area contributed by atoms with Crippen molar-refractivity contribution in [3.05, 3.63) is 35.4 Å². The van der Waals surface area contributed by atoms with Gasteiger partial charge in [-0.1, -0.05) is 37.8 Å². The molecule has 17 heavy (non-hydrogen) atoms. The largest absolute Gasteiger partial charge is 0.115 e. The van der Waals surface area contributed by atoms with Crippen LogP contribution in [0, 0.1) is 18.3 Å². The molecule has 1 saturated carbocycles. The van der Waals surface area contributed by atoms with Gasteiger partial charge < -0.3 is 0 Å². The van der Waals surface area contributed by atoms with Gasteiger partial charge in [0.05, 0.1) is 0 Å². The first-order valence-corrected chi connectivity index (χ1v) is 6.46. The Balaban J connectivity index is 2.24. The first-order chi connectivity index (χ1) is 9.47. The van der Waals surface area contributed by atoms with E-state index in [0.717, 1.165) is 30.4 Å². The molecule has 1 unspecified atom stereocenters. The lowest BCUT2D eigenvalue weighted by molar-refractivity contribution is 0.308. The predicted molar refractivity (Wildman–Crippen MR) is 74.0 cm³/mol. The predicted octanol–water partition coefficient (Wildman–Crippen LogP) is 4.74. The zero-order valence-electron chi connectivity index (χ0n) is 13.4. The number of terminal acetylenes is 1. The van der Waals surface area contributed by atoms with Crippen molar-refractivity contribution >= 4 is 0 Å². The molecule has 0 aromatic heterocycles. The maximum atomic E-state index is 8.37. The van der Waals surface area contributed by atoms with Crippen molar-refractivity contribution in [2.45, 2.75) is 51.3 Å². The molecule has 2 rings (SSSR count). The van der Waals surface area contributed by atoms with Gasteiger partial charge in [0.25, 0.3) is 0 Å². The fourth-order valence-electron chi connectivity index (χ4n) is 2.46. The van der Waals surface area contributed by atoms with Gasteiger partial charge in [-0.25, -0.2) is 0 Å². The van der Waals surface area contributed by atoms with Crippen molar-refractivity contribution in [2.24, 2.45) is 5.92 Å². The molecule has 0 nitrogen and oxygen atoms in total. The zero-order valence-corrected chi connectivity index (χ0v) is 10.4. The molecule has 0 saturated heterocycles. The minimum Gasteiger partial charge on any atom is -0.115 e. The van der Waals surface area contributed by atoms with E-state index in [1.165, 1.54) is 0 Å². The Morgan fingerprint density at radius 3 is 2.71 bits per heavy atom. The molecule has 0 spiro atoms. The van der Waals surface area contributed by atoms with Crippen molar-refractivity contribution in [3.63, 3.8) is 0 Å². The van der Waals surface area contributed by atoms with Gasteiger partial charge in [-0.2, -0.15) is 0 Å². The highest BCUT2D eigenvalue weighted by Gasteiger charge is 2.21. The molecule has 90 valence electrons. The molecule has 0 radical (unpaired) electrons. The monoisotopic (exact) mass is 229 g/mol. The summed E-state index contributed by atoms with van der Waals surface area (Å²) in [6, 6.07) is 7.46. The summed E-state index contributed by atoms with van der Waals surface area (Å²) >= 11 is 0. The highest BCUT2D eigenvalue weighted by atomic mass is 14.3. The molecular weight excluding hydrogens is 204 g/mol. The number of benzene rings is 1. The van der Waals surface area contributed by atoms with E-state index in [1.54, 1.807) is 0 Å². The van der Waals surface area contributed by atoms with Crippen LogP contribution in [0.1, 0.15) is 66.5 Å². The molecule has 0 aliphatic heterocycles. The molecule has 0 bridgehead atoms. The van der Waals surface area contributed by atoms with Crippen molar-refractivity contribution in [1.29, 1.82) is 0 Å². The summed E-state index contributed by atoms with van der Waals surface area (Å²) < 4.78 is 25.1. The Bertz CT molecular complexity index is 484. The van der Waals surface area contributed by atoms with Crippen LogP contribution in [0.25, 0.3) is 0 Å². The lowest BCUT2D eigenvalue weighted by atomic mass is 9.77. The first-order valence-electron chi connectivity index (χ1n) is 8.04. The molecule has 0 N–H and O–H groups in total. The summed E-state index contributed by atoms with van der Waals surface area (Å²) in [5, 5.41) is 0. The molecule has 1 aliphatic carbocycles.